The molecule has 0 saturated carbocycles. The third kappa shape index (κ3) is 2.92. The molecular formula is C18H13ClFN5. The number of fused-ring (bicyclic) bond motifs is 1. The Kier molecular flexibility index (Phi) is 3.82. The Morgan fingerprint density at radius 3 is 2.60 bits per heavy atom. The van der Waals surface area contributed by atoms with Crippen molar-refractivity contribution in [1.82, 2.24) is 19.7 Å². The van der Waals surface area contributed by atoms with Crippen molar-refractivity contribution in [1.29, 1.82) is 0 Å². The molecule has 4 rings (SSSR count). The summed E-state index contributed by atoms with van der Waals surface area (Å²) < 4.78 is 15.7. The molecule has 0 aliphatic carbocycles. The van der Waals surface area contributed by atoms with Crippen LogP contribution in [0.15, 0.2) is 54.7 Å². The smallest absolute Gasteiger partial charge is 0.186 e. The van der Waals surface area contributed by atoms with E-state index in [1.165, 1.54) is 6.07 Å². The van der Waals surface area contributed by atoms with Gasteiger partial charge in [0.25, 0.3) is 0 Å². The number of aromatic nitrogens is 4. The molecule has 5 nitrogen and oxygen atoms in total. The van der Waals surface area contributed by atoms with Gasteiger partial charge in [0.2, 0.25) is 0 Å². The third-order valence-electron chi connectivity index (χ3n) is 3.86. The second-order valence-corrected chi connectivity index (χ2v) is 5.97. The highest BCUT2D eigenvalue weighted by Crippen LogP contribution is 2.25. The third-order valence-corrected chi connectivity index (χ3v) is 4.23. The highest BCUT2D eigenvalue weighted by Gasteiger charge is 2.14. The molecule has 0 aliphatic heterocycles. The molecule has 25 heavy (non-hydrogen) atoms. The van der Waals surface area contributed by atoms with Gasteiger partial charge in [-0.05, 0) is 23.8 Å². The molecular weight excluding hydrogens is 341 g/mol. The van der Waals surface area contributed by atoms with Crippen molar-refractivity contribution in [3.8, 4) is 11.4 Å². The Morgan fingerprint density at radius 1 is 1.04 bits per heavy atom. The van der Waals surface area contributed by atoms with Crippen LogP contribution in [-0.2, 0) is 6.54 Å². The second kappa shape index (κ2) is 6.14. The predicted octanol–water partition coefficient (Wildman–Crippen LogP) is 3.92. The molecule has 124 valence electrons. The van der Waals surface area contributed by atoms with Gasteiger partial charge in [-0.1, -0.05) is 41.9 Å². The van der Waals surface area contributed by atoms with Crippen LogP contribution in [0.2, 0.25) is 5.02 Å². The van der Waals surface area contributed by atoms with Gasteiger partial charge in [0.15, 0.2) is 11.5 Å². The van der Waals surface area contributed by atoms with Gasteiger partial charge in [-0.25, -0.2) is 14.4 Å². The zero-order valence-electron chi connectivity index (χ0n) is 13.0. The van der Waals surface area contributed by atoms with Crippen LogP contribution >= 0.6 is 11.6 Å². The van der Waals surface area contributed by atoms with Gasteiger partial charge in [0, 0.05) is 11.2 Å². The molecule has 0 unspecified atom stereocenters. The SMILES string of the molecule is Nc1nc(-c2ccccc2F)nc2nn(Cc3ccccc3Cl)cc12. The highest BCUT2D eigenvalue weighted by atomic mass is 35.5. The first-order valence-electron chi connectivity index (χ1n) is 7.61. The predicted molar refractivity (Wildman–Crippen MR) is 95.7 cm³/mol. The van der Waals surface area contributed by atoms with E-state index in [0.717, 1.165) is 5.56 Å². The Balaban J connectivity index is 1.77. The molecule has 0 radical (unpaired) electrons. The van der Waals surface area contributed by atoms with Gasteiger partial charge in [0.05, 0.1) is 17.5 Å². The lowest BCUT2D eigenvalue weighted by Gasteiger charge is -2.03. The van der Waals surface area contributed by atoms with Gasteiger partial charge in [0.1, 0.15) is 11.6 Å². The van der Waals surface area contributed by atoms with Crippen molar-refractivity contribution in [2.24, 2.45) is 0 Å². The van der Waals surface area contributed by atoms with Gasteiger partial charge < -0.3 is 5.73 Å². The van der Waals surface area contributed by atoms with Crippen molar-refractivity contribution < 1.29 is 4.39 Å². The Labute approximate surface area is 147 Å². The zero-order chi connectivity index (χ0) is 17.4. The fourth-order valence-electron chi connectivity index (χ4n) is 2.62. The van der Waals surface area contributed by atoms with E-state index in [2.05, 4.69) is 15.1 Å². The average Bonchev–Trinajstić information content (AvgIpc) is 3.00. The molecule has 0 amide bonds. The van der Waals surface area contributed by atoms with Crippen LogP contribution in [0.4, 0.5) is 10.2 Å². The first kappa shape index (κ1) is 15.5. The maximum Gasteiger partial charge on any atom is 0.186 e. The maximum absolute atomic E-state index is 14.0. The average molecular weight is 354 g/mol. The number of anilines is 1. The quantitative estimate of drug-likeness (QED) is 0.606. The molecule has 2 aromatic heterocycles. The highest BCUT2D eigenvalue weighted by molar-refractivity contribution is 6.31. The number of benzene rings is 2. The van der Waals surface area contributed by atoms with Crippen molar-refractivity contribution in [2.75, 3.05) is 5.73 Å². The van der Waals surface area contributed by atoms with E-state index < -0.39 is 5.82 Å². The van der Waals surface area contributed by atoms with Gasteiger partial charge in [-0.3, -0.25) is 4.68 Å². The summed E-state index contributed by atoms with van der Waals surface area (Å²) >= 11 is 6.19. The fraction of sp³-hybridized carbons (Fsp3) is 0.0556. The van der Waals surface area contributed by atoms with Crippen LogP contribution in [0.1, 0.15) is 5.56 Å². The van der Waals surface area contributed by atoms with Crippen molar-refractivity contribution in [3.05, 3.63) is 71.1 Å². The first-order chi connectivity index (χ1) is 12.1. The summed E-state index contributed by atoms with van der Waals surface area (Å²) in [6.45, 7) is 0.477. The summed E-state index contributed by atoms with van der Waals surface area (Å²) in [7, 11) is 0. The van der Waals surface area contributed by atoms with Crippen LogP contribution in [0.5, 0.6) is 0 Å². The zero-order valence-corrected chi connectivity index (χ0v) is 13.8. The second-order valence-electron chi connectivity index (χ2n) is 5.57. The Bertz CT molecular complexity index is 1080. The normalized spacial score (nSPS) is 11.1. The van der Waals surface area contributed by atoms with E-state index in [1.54, 1.807) is 29.1 Å². The monoisotopic (exact) mass is 353 g/mol. The summed E-state index contributed by atoms with van der Waals surface area (Å²) in [6, 6.07) is 13.8. The lowest BCUT2D eigenvalue weighted by molar-refractivity contribution is 0.630. The van der Waals surface area contributed by atoms with E-state index in [9.17, 15) is 4.39 Å². The number of hydrogen-bond acceptors (Lipinski definition) is 4. The molecule has 2 heterocycles. The standard InChI is InChI=1S/C18H13ClFN5/c19-14-7-3-1-5-11(14)9-25-10-13-16(21)22-17(23-18(13)24-25)12-6-2-4-8-15(12)20/h1-8,10H,9H2,(H2,21,22,23,24). The minimum Gasteiger partial charge on any atom is -0.383 e. The van der Waals surface area contributed by atoms with Crippen LogP contribution in [0.25, 0.3) is 22.4 Å². The minimum atomic E-state index is -0.406. The van der Waals surface area contributed by atoms with E-state index in [1.807, 2.05) is 24.3 Å². The number of rotatable bonds is 3. The molecule has 7 heteroatoms. The molecule has 0 atom stereocenters. The number of halogens is 2. The van der Waals surface area contributed by atoms with E-state index in [-0.39, 0.29) is 17.2 Å². The van der Waals surface area contributed by atoms with Gasteiger partial charge >= 0.3 is 0 Å². The van der Waals surface area contributed by atoms with Crippen LogP contribution in [0, 0.1) is 5.82 Å². The molecule has 0 spiro atoms. The van der Waals surface area contributed by atoms with E-state index in [4.69, 9.17) is 17.3 Å². The summed E-state index contributed by atoms with van der Waals surface area (Å²) in [6.07, 6.45) is 1.76. The molecule has 2 N–H and O–H groups in total. The number of hydrogen-bond donors (Lipinski definition) is 1. The number of nitrogens with zero attached hydrogens (tertiary/aromatic N) is 4. The molecule has 0 saturated heterocycles. The molecule has 4 aromatic rings. The molecule has 0 aliphatic rings. The Hall–Kier alpha value is -2.99. The number of nitrogen functional groups attached to an aromatic ring is 1. The van der Waals surface area contributed by atoms with Crippen molar-refractivity contribution in [3.63, 3.8) is 0 Å². The molecule has 2 aromatic carbocycles. The lowest BCUT2D eigenvalue weighted by atomic mass is 10.2. The van der Waals surface area contributed by atoms with Crippen LogP contribution in [0.3, 0.4) is 0 Å². The molecule has 0 bridgehead atoms. The molecule has 0 fully saturated rings. The topological polar surface area (TPSA) is 69.6 Å². The maximum atomic E-state index is 14.0. The van der Waals surface area contributed by atoms with Crippen molar-refractivity contribution >= 4 is 28.5 Å². The van der Waals surface area contributed by atoms with E-state index >= 15 is 0 Å². The van der Waals surface area contributed by atoms with Crippen LogP contribution in [-0.4, -0.2) is 19.7 Å². The largest absolute Gasteiger partial charge is 0.383 e. The Morgan fingerprint density at radius 2 is 1.80 bits per heavy atom. The van der Waals surface area contributed by atoms with Gasteiger partial charge in [-0.15, -0.1) is 0 Å². The fourth-order valence-corrected chi connectivity index (χ4v) is 2.81. The minimum absolute atomic E-state index is 0.214. The summed E-state index contributed by atoms with van der Waals surface area (Å²) in [5.74, 6) is 0.0662. The lowest BCUT2D eigenvalue weighted by Crippen LogP contribution is -2.00. The summed E-state index contributed by atoms with van der Waals surface area (Å²) in [5.41, 5.74) is 7.66. The van der Waals surface area contributed by atoms with Crippen LogP contribution < -0.4 is 5.73 Å². The van der Waals surface area contributed by atoms with E-state index in [0.29, 0.717) is 22.6 Å². The summed E-state index contributed by atoms with van der Waals surface area (Å²) in [5, 5.41) is 5.71. The van der Waals surface area contributed by atoms with Crippen molar-refractivity contribution in [2.45, 2.75) is 6.54 Å². The number of nitrogens with two attached hydrogens (primary N) is 1. The summed E-state index contributed by atoms with van der Waals surface area (Å²) in [4.78, 5) is 8.57. The first-order valence-corrected chi connectivity index (χ1v) is 7.98. The van der Waals surface area contributed by atoms with Gasteiger partial charge in [-0.2, -0.15) is 5.10 Å².